The quantitative estimate of drug-likeness (QED) is 0.321. The van der Waals surface area contributed by atoms with E-state index in [4.69, 9.17) is 4.74 Å². The second-order valence-electron chi connectivity index (χ2n) is 7.78. The molecule has 0 aliphatic rings. The molecule has 5 heteroatoms. The molecular formula is C26H31FO4. The highest BCUT2D eigenvalue weighted by atomic mass is 19.1. The van der Waals surface area contributed by atoms with Crippen LogP contribution in [0.2, 0.25) is 0 Å². The fourth-order valence-electron chi connectivity index (χ4n) is 3.28. The molecule has 0 fully saturated rings. The van der Waals surface area contributed by atoms with E-state index in [1.807, 2.05) is 26.8 Å². The van der Waals surface area contributed by atoms with Crippen LogP contribution in [0, 0.1) is 5.82 Å². The molecule has 31 heavy (non-hydrogen) atoms. The van der Waals surface area contributed by atoms with Crippen LogP contribution in [-0.4, -0.2) is 22.3 Å². The van der Waals surface area contributed by atoms with Gasteiger partial charge in [-0.15, -0.1) is 0 Å². The SMILES string of the molecule is CCCC(CC)Oc1cc(/C=C/c2ccc(F)cc2)c(C(=O)O)c(O)c1CC=C(C)C. The van der Waals surface area contributed by atoms with Crippen LogP contribution in [0.15, 0.2) is 42.0 Å². The second-order valence-corrected chi connectivity index (χ2v) is 7.78. The number of carbonyl (C=O) groups is 1. The Kier molecular flexibility index (Phi) is 8.86. The Labute approximate surface area is 183 Å². The Morgan fingerprint density at radius 2 is 1.84 bits per heavy atom. The summed E-state index contributed by atoms with van der Waals surface area (Å²) in [5.74, 6) is -1.37. The average Bonchev–Trinajstić information content (AvgIpc) is 2.71. The Morgan fingerprint density at radius 1 is 1.16 bits per heavy atom. The number of aromatic carboxylic acids is 1. The predicted molar refractivity (Wildman–Crippen MR) is 123 cm³/mol. The molecule has 0 saturated carbocycles. The number of hydrogen-bond donors (Lipinski definition) is 2. The maximum absolute atomic E-state index is 13.2. The van der Waals surface area contributed by atoms with Crippen molar-refractivity contribution in [2.24, 2.45) is 0 Å². The molecule has 1 atom stereocenters. The smallest absolute Gasteiger partial charge is 0.340 e. The summed E-state index contributed by atoms with van der Waals surface area (Å²) in [4.78, 5) is 12.0. The van der Waals surface area contributed by atoms with E-state index in [1.165, 1.54) is 12.1 Å². The Balaban J connectivity index is 2.60. The minimum absolute atomic E-state index is 0.0283. The van der Waals surface area contributed by atoms with E-state index in [9.17, 15) is 19.4 Å². The molecule has 0 amide bonds. The number of rotatable bonds is 10. The molecule has 0 saturated heterocycles. The molecule has 1 unspecified atom stereocenters. The van der Waals surface area contributed by atoms with Gasteiger partial charge in [-0.25, -0.2) is 9.18 Å². The van der Waals surface area contributed by atoms with Gasteiger partial charge in [0.2, 0.25) is 0 Å². The number of allylic oxidation sites excluding steroid dienone is 2. The first-order valence-corrected chi connectivity index (χ1v) is 10.6. The molecule has 0 heterocycles. The van der Waals surface area contributed by atoms with Crippen molar-refractivity contribution in [2.45, 2.75) is 59.5 Å². The summed E-state index contributed by atoms with van der Waals surface area (Å²) >= 11 is 0. The number of aromatic hydroxyl groups is 1. The number of benzene rings is 2. The van der Waals surface area contributed by atoms with Crippen molar-refractivity contribution in [3.05, 3.63) is 70.1 Å². The van der Waals surface area contributed by atoms with Crippen molar-refractivity contribution in [1.82, 2.24) is 0 Å². The lowest BCUT2D eigenvalue weighted by atomic mass is 9.97. The lowest BCUT2D eigenvalue weighted by molar-refractivity contribution is 0.0693. The van der Waals surface area contributed by atoms with E-state index >= 15 is 0 Å². The first-order valence-electron chi connectivity index (χ1n) is 10.6. The molecule has 0 aromatic heterocycles. The number of halogens is 1. The van der Waals surface area contributed by atoms with Crippen LogP contribution >= 0.6 is 0 Å². The normalized spacial score (nSPS) is 12.0. The van der Waals surface area contributed by atoms with Gasteiger partial charge in [-0.3, -0.25) is 0 Å². The number of phenols is 1. The van der Waals surface area contributed by atoms with E-state index in [1.54, 1.807) is 30.4 Å². The first-order chi connectivity index (χ1) is 14.8. The lowest BCUT2D eigenvalue weighted by Gasteiger charge is -2.21. The zero-order valence-corrected chi connectivity index (χ0v) is 18.6. The lowest BCUT2D eigenvalue weighted by Crippen LogP contribution is -2.16. The summed E-state index contributed by atoms with van der Waals surface area (Å²) < 4.78 is 19.4. The molecule has 2 aromatic carbocycles. The van der Waals surface area contributed by atoms with Crippen LogP contribution in [-0.2, 0) is 6.42 Å². The van der Waals surface area contributed by atoms with E-state index in [-0.39, 0.29) is 23.2 Å². The highest BCUT2D eigenvalue weighted by Gasteiger charge is 2.23. The molecular weight excluding hydrogens is 395 g/mol. The van der Waals surface area contributed by atoms with Crippen molar-refractivity contribution in [3.63, 3.8) is 0 Å². The van der Waals surface area contributed by atoms with Gasteiger partial charge in [0.15, 0.2) is 0 Å². The first kappa shape index (κ1) is 24.2. The molecule has 0 bridgehead atoms. The molecule has 2 N–H and O–H groups in total. The summed E-state index contributed by atoms with van der Waals surface area (Å²) in [5.41, 5.74) is 2.39. The summed E-state index contributed by atoms with van der Waals surface area (Å²) in [7, 11) is 0. The van der Waals surface area contributed by atoms with Crippen LogP contribution in [0.3, 0.4) is 0 Å². The minimum atomic E-state index is -1.22. The van der Waals surface area contributed by atoms with Crippen LogP contribution in [0.1, 0.15) is 74.0 Å². The topological polar surface area (TPSA) is 66.8 Å². The van der Waals surface area contributed by atoms with E-state index in [2.05, 4.69) is 6.92 Å². The molecule has 0 aliphatic carbocycles. The van der Waals surface area contributed by atoms with Gasteiger partial charge in [-0.1, -0.05) is 56.2 Å². The zero-order valence-electron chi connectivity index (χ0n) is 18.6. The Hall–Kier alpha value is -3.08. The third-order valence-electron chi connectivity index (χ3n) is 5.01. The maximum atomic E-state index is 13.2. The largest absolute Gasteiger partial charge is 0.507 e. The number of ether oxygens (including phenoxy) is 1. The minimum Gasteiger partial charge on any atom is -0.507 e. The third-order valence-corrected chi connectivity index (χ3v) is 5.01. The standard InChI is InChI=1S/C26H31FO4/c1-5-7-21(6-2)31-23-16-19(12-9-18-10-13-20(27)14-11-18)24(26(29)30)25(28)22(23)15-8-17(3)4/h8-14,16,21,28H,5-7,15H2,1-4H3,(H,29,30)/b12-9+. The van der Waals surface area contributed by atoms with E-state index in [0.717, 1.165) is 24.8 Å². The molecule has 2 aromatic rings. The van der Waals surface area contributed by atoms with Gasteiger partial charge in [0.05, 0.1) is 6.10 Å². The second kappa shape index (κ2) is 11.3. The van der Waals surface area contributed by atoms with Gasteiger partial charge in [0.1, 0.15) is 22.9 Å². The monoisotopic (exact) mass is 426 g/mol. The molecule has 2 rings (SSSR count). The summed E-state index contributed by atoms with van der Waals surface area (Å²) in [5, 5.41) is 20.7. The van der Waals surface area contributed by atoms with Crippen LogP contribution in [0.5, 0.6) is 11.5 Å². The molecule has 0 spiro atoms. The highest BCUT2D eigenvalue weighted by Crippen LogP contribution is 2.37. The fraction of sp³-hybridized carbons (Fsp3) is 0.346. The number of hydrogen-bond acceptors (Lipinski definition) is 3. The molecule has 0 aliphatic heterocycles. The van der Waals surface area contributed by atoms with Crippen molar-refractivity contribution >= 4 is 18.1 Å². The Bertz CT molecular complexity index is 954. The van der Waals surface area contributed by atoms with Gasteiger partial charge < -0.3 is 14.9 Å². The summed E-state index contributed by atoms with van der Waals surface area (Å²) in [6, 6.07) is 7.55. The summed E-state index contributed by atoms with van der Waals surface area (Å²) in [6.45, 7) is 8.01. The van der Waals surface area contributed by atoms with Crippen molar-refractivity contribution in [2.75, 3.05) is 0 Å². The predicted octanol–water partition coefficient (Wildman–Crippen LogP) is 6.87. The maximum Gasteiger partial charge on any atom is 0.340 e. The van der Waals surface area contributed by atoms with Gasteiger partial charge in [0.25, 0.3) is 0 Å². The average molecular weight is 427 g/mol. The fourth-order valence-corrected chi connectivity index (χ4v) is 3.28. The zero-order chi connectivity index (χ0) is 23.0. The van der Waals surface area contributed by atoms with Gasteiger partial charge in [0, 0.05) is 5.56 Å². The van der Waals surface area contributed by atoms with Crippen LogP contribution in [0.4, 0.5) is 4.39 Å². The molecule has 166 valence electrons. The van der Waals surface area contributed by atoms with Crippen molar-refractivity contribution < 1.29 is 24.1 Å². The highest BCUT2D eigenvalue weighted by molar-refractivity contribution is 5.97. The van der Waals surface area contributed by atoms with E-state index in [0.29, 0.717) is 28.9 Å². The van der Waals surface area contributed by atoms with Gasteiger partial charge in [-0.05, 0) is 62.4 Å². The number of carboxylic acids is 1. The summed E-state index contributed by atoms with van der Waals surface area (Å²) in [6.07, 6.45) is 8.19. The van der Waals surface area contributed by atoms with Crippen LogP contribution < -0.4 is 4.74 Å². The van der Waals surface area contributed by atoms with E-state index < -0.39 is 5.97 Å². The van der Waals surface area contributed by atoms with Crippen molar-refractivity contribution in [3.8, 4) is 11.5 Å². The molecule has 0 radical (unpaired) electrons. The number of carboxylic acid groups (broad SMARTS) is 1. The Morgan fingerprint density at radius 3 is 2.39 bits per heavy atom. The van der Waals surface area contributed by atoms with Crippen LogP contribution in [0.25, 0.3) is 12.2 Å². The molecule has 4 nitrogen and oxygen atoms in total. The van der Waals surface area contributed by atoms with Crippen molar-refractivity contribution in [1.29, 1.82) is 0 Å². The van der Waals surface area contributed by atoms with Gasteiger partial charge >= 0.3 is 5.97 Å². The third kappa shape index (κ3) is 6.71. The van der Waals surface area contributed by atoms with Gasteiger partial charge in [-0.2, -0.15) is 0 Å².